The maximum absolute atomic E-state index is 2.57. The Hall–Kier alpha value is -7.48. The van der Waals surface area contributed by atoms with Crippen molar-refractivity contribution >= 4 is 38.6 Å². The number of benzene rings is 10. The molecular formula is C59H41N. The zero-order valence-corrected chi connectivity index (χ0v) is 33.4. The van der Waals surface area contributed by atoms with Gasteiger partial charge in [-0.15, -0.1) is 0 Å². The van der Waals surface area contributed by atoms with Gasteiger partial charge in [0.05, 0.1) is 16.8 Å². The third-order valence-electron chi connectivity index (χ3n) is 13.6. The molecule has 1 atom stereocenters. The second kappa shape index (κ2) is 13.3. The van der Waals surface area contributed by atoms with Crippen molar-refractivity contribution in [1.29, 1.82) is 0 Å². The summed E-state index contributed by atoms with van der Waals surface area (Å²) in [5.41, 5.74) is 16.8. The Morgan fingerprint density at radius 3 is 1.58 bits per heavy atom. The Kier molecular flexibility index (Phi) is 7.65. The van der Waals surface area contributed by atoms with Crippen LogP contribution >= 0.6 is 0 Å². The quantitative estimate of drug-likeness (QED) is 0.152. The van der Waals surface area contributed by atoms with E-state index in [9.17, 15) is 0 Å². The van der Waals surface area contributed by atoms with Gasteiger partial charge < -0.3 is 4.90 Å². The number of rotatable bonds is 6. The van der Waals surface area contributed by atoms with Gasteiger partial charge in [0.15, 0.2) is 0 Å². The summed E-state index contributed by atoms with van der Waals surface area (Å²) in [5.74, 6) is 0. The predicted molar refractivity (Wildman–Crippen MR) is 251 cm³/mol. The largest absolute Gasteiger partial charge is 0.309 e. The summed E-state index contributed by atoms with van der Waals surface area (Å²) in [5, 5.41) is 4.93. The van der Waals surface area contributed by atoms with Crippen LogP contribution in [0.15, 0.2) is 231 Å². The lowest BCUT2D eigenvalue weighted by molar-refractivity contribution is 0.714. The molecule has 0 aliphatic heterocycles. The molecular weight excluding hydrogens is 723 g/mol. The second-order valence-electron chi connectivity index (χ2n) is 16.5. The third kappa shape index (κ3) is 4.75. The molecule has 1 unspecified atom stereocenters. The smallest absolute Gasteiger partial charge is 0.0714 e. The lowest BCUT2D eigenvalue weighted by Crippen LogP contribution is -2.28. The Balaban J connectivity index is 1.20. The van der Waals surface area contributed by atoms with Crippen molar-refractivity contribution in [3.05, 3.63) is 269 Å². The van der Waals surface area contributed by atoms with Crippen molar-refractivity contribution in [3.63, 3.8) is 0 Å². The highest BCUT2D eigenvalue weighted by atomic mass is 15.1. The molecule has 0 heterocycles. The van der Waals surface area contributed by atoms with E-state index in [0.717, 1.165) is 17.1 Å². The molecule has 0 spiro atoms. The van der Waals surface area contributed by atoms with Crippen LogP contribution in [0.3, 0.4) is 0 Å². The summed E-state index contributed by atoms with van der Waals surface area (Å²) in [7, 11) is 0. The molecule has 0 N–H and O–H groups in total. The van der Waals surface area contributed by atoms with Gasteiger partial charge in [-0.25, -0.2) is 0 Å². The zero-order chi connectivity index (χ0) is 39.8. The number of hydrogen-bond donors (Lipinski definition) is 0. The van der Waals surface area contributed by atoms with Crippen LogP contribution in [0.5, 0.6) is 0 Å². The van der Waals surface area contributed by atoms with E-state index in [1.807, 2.05) is 0 Å². The van der Waals surface area contributed by atoms with Gasteiger partial charge in [0, 0.05) is 22.1 Å². The van der Waals surface area contributed by atoms with Crippen LogP contribution < -0.4 is 4.90 Å². The lowest BCUT2D eigenvalue weighted by atomic mass is 9.68. The van der Waals surface area contributed by atoms with Gasteiger partial charge in [-0.2, -0.15) is 0 Å². The van der Waals surface area contributed by atoms with E-state index < -0.39 is 5.41 Å². The van der Waals surface area contributed by atoms with Crippen LogP contribution in [0.4, 0.5) is 17.1 Å². The van der Waals surface area contributed by atoms with Gasteiger partial charge in [-0.3, -0.25) is 0 Å². The first-order valence-corrected chi connectivity index (χ1v) is 21.0. The van der Waals surface area contributed by atoms with Crippen molar-refractivity contribution < 1.29 is 0 Å². The minimum Gasteiger partial charge on any atom is -0.309 e. The van der Waals surface area contributed by atoms with Crippen molar-refractivity contribution in [2.45, 2.75) is 17.8 Å². The first kappa shape index (κ1) is 34.6. The highest BCUT2D eigenvalue weighted by molar-refractivity contribution is 6.15. The molecule has 0 saturated heterocycles. The Morgan fingerprint density at radius 1 is 0.333 bits per heavy atom. The molecule has 0 aromatic heterocycles. The minimum absolute atomic E-state index is 0.346. The monoisotopic (exact) mass is 763 g/mol. The van der Waals surface area contributed by atoms with E-state index >= 15 is 0 Å². The van der Waals surface area contributed by atoms with Gasteiger partial charge in [0.2, 0.25) is 0 Å². The van der Waals surface area contributed by atoms with Crippen LogP contribution in [-0.2, 0) is 10.8 Å². The summed E-state index contributed by atoms with van der Waals surface area (Å²) in [6.45, 7) is 2.41. The molecule has 1 heteroatoms. The minimum atomic E-state index is -0.521. The molecule has 282 valence electrons. The molecule has 0 bridgehead atoms. The molecule has 0 fully saturated rings. The average molecular weight is 764 g/mol. The van der Waals surface area contributed by atoms with E-state index in [2.05, 4.69) is 242 Å². The fourth-order valence-electron chi connectivity index (χ4n) is 11.0. The lowest BCUT2D eigenvalue weighted by Gasteiger charge is -2.35. The van der Waals surface area contributed by atoms with E-state index in [0.29, 0.717) is 0 Å². The summed E-state index contributed by atoms with van der Waals surface area (Å²) in [6.07, 6.45) is 0. The van der Waals surface area contributed by atoms with Crippen LogP contribution in [0.2, 0.25) is 0 Å². The van der Waals surface area contributed by atoms with Gasteiger partial charge >= 0.3 is 0 Å². The summed E-state index contributed by atoms with van der Waals surface area (Å²) in [6, 6.07) is 85.8. The summed E-state index contributed by atoms with van der Waals surface area (Å²) >= 11 is 0. The fraction of sp³-hybridized carbons (Fsp3) is 0.0508. The van der Waals surface area contributed by atoms with Crippen molar-refractivity contribution in [2.24, 2.45) is 0 Å². The number of hydrogen-bond acceptors (Lipinski definition) is 1. The Morgan fingerprint density at radius 2 is 0.867 bits per heavy atom. The topological polar surface area (TPSA) is 3.24 Å². The van der Waals surface area contributed by atoms with E-state index in [4.69, 9.17) is 0 Å². The van der Waals surface area contributed by atoms with E-state index in [1.165, 1.54) is 82.7 Å². The molecule has 0 radical (unpaired) electrons. The molecule has 1 nitrogen and oxygen atoms in total. The fourth-order valence-corrected chi connectivity index (χ4v) is 11.0. The maximum Gasteiger partial charge on any atom is 0.0714 e. The number of anilines is 3. The molecule has 0 amide bonds. The average Bonchev–Trinajstić information content (AvgIpc) is 3.77. The normalized spacial score (nSPS) is 15.6. The maximum atomic E-state index is 2.57. The van der Waals surface area contributed by atoms with E-state index in [1.54, 1.807) is 0 Å². The van der Waals surface area contributed by atoms with Crippen molar-refractivity contribution in [2.75, 3.05) is 4.90 Å². The van der Waals surface area contributed by atoms with Gasteiger partial charge in [0.1, 0.15) is 0 Å². The molecule has 2 aliphatic carbocycles. The molecule has 0 saturated carbocycles. The predicted octanol–water partition coefficient (Wildman–Crippen LogP) is 15.2. The van der Waals surface area contributed by atoms with Crippen molar-refractivity contribution in [1.82, 2.24) is 0 Å². The van der Waals surface area contributed by atoms with Gasteiger partial charge in [0.25, 0.3) is 0 Å². The van der Waals surface area contributed by atoms with E-state index in [-0.39, 0.29) is 5.41 Å². The Bertz CT molecular complexity index is 3240. The molecule has 10 aromatic carbocycles. The van der Waals surface area contributed by atoms with Crippen LogP contribution in [0.1, 0.15) is 45.9 Å². The molecule has 60 heavy (non-hydrogen) atoms. The Labute approximate surface area is 351 Å². The summed E-state index contributed by atoms with van der Waals surface area (Å²) < 4.78 is 0. The standard InChI is InChI=1S/C59H41N/c1-58(41-21-5-2-6-22-41)51-32-17-15-29-47(51)48-37-36-44(39-54(48)58)60(56-38-40-20-11-12-27-45(40)46-28-13-14-30-49(46)56)55-35-19-34-53-57(55)50-31-16-18-33-52(50)59(53,42-23-7-3-8-24-42)43-25-9-4-10-26-43/h2-39H,1H3. The first-order chi connectivity index (χ1) is 29.7. The number of fused-ring (bicyclic) bond motifs is 9. The molecule has 12 rings (SSSR count). The van der Waals surface area contributed by atoms with Gasteiger partial charge in [-0.1, -0.05) is 206 Å². The third-order valence-corrected chi connectivity index (χ3v) is 13.6. The van der Waals surface area contributed by atoms with Crippen molar-refractivity contribution in [3.8, 4) is 22.3 Å². The number of nitrogens with zero attached hydrogens (tertiary/aromatic N) is 1. The van der Waals surface area contributed by atoms with Crippen LogP contribution in [-0.4, -0.2) is 0 Å². The second-order valence-corrected chi connectivity index (χ2v) is 16.5. The highest BCUT2D eigenvalue weighted by Crippen LogP contribution is 2.61. The SMILES string of the molecule is CC1(c2ccccc2)c2ccccc2-c2ccc(N(c3cccc4c3-c3ccccc3C4(c3ccccc3)c3ccccc3)c3cc4ccccc4c4ccccc34)cc21. The first-order valence-electron chi connectivity index (χ1n) is 21.0. The van der Waals surface area contributed by atoms with Gasteiger partial charge in [-0.05, 0) is 103 Å². The molecule has 10 aromatic rings. The highest BCUT2D eigenvalue weighted by Gasteiger charge is 2.48. The zero-order valence-electron chi connectivity index (χ0n) is 33.4. The summed E-state index contributed by atoms with van der Waals surface area (Å²) in [4.78, 5) is 2.57. The van der Waals surface area contributed by atoms with Crippen LogP contribution in [0, 0.1) is 0 Å². The molecule has 2 aliphatic rings. The van der Waals surface area contributed by atoms with Crippen LogP contribution in [0.25, 0.3) is 43.8 Å².